The van der Waals surface area contributed by atoms with Gasteiger partial charge in [-0.15, -0.1) is 0 Å². The Hall–Kier alpha value is -2.53. The Balaban J connectivity index is 2.10. The molecule has 0 aliphatic rings. The van der Waals surface area contributed by atoms with Gasteiger partial charge in [-0.1, -0.05) is 23.7 Å². The molecule has 0 atom stereocenters. The van der Waals surface area contributed by atoms with E-state index in [1.807, 2.05) is 0 Å². The van der Waals surface area contributed by atoms with Gasteiger partial charge in [0.05, 0.1) is 19.8 Å². The van der Waals surface area contributed by atoms with E-state index in [4.69, 9.17) is 25.8 Å². The molecule has 0 fully saturated rings. The Kier molecular flexibility index (Phi) is 5.60. The van der Waals surface area contributed by atoms with Gasteiger partial charge >= 0.3 is 5.97 Å². The summed E-state index contributed by atoms with van der Waals surface area (Å²) in [6.45, 7) is -0.408. The van der Waals surface area contributed by atoms with E-state index < -0.39 is 12.6 Å². The summed E-state index contributed by atoms with van der Waals surface area (Å²) in [6, 6.07) is 11.3. The lowest BCUT2D eigenvalue weighted by Gasteiger charge is -2.10. The fraction of sp³-hybridized carbons (Fsp3) is 0.176. The number of esters is 1. The molecule has 5 nitrogen and oxygen atoms in total. The van der Waals surface area contributed by atoms with Crippen molar-refractivity contribution < 1.29 is 23.8 Å². The Morgan fingerprint density at radius 2 is 1.61 bits per heavy atom. The van der Waals surface area contributed by atoms with Crippen LogP contribution in [0.4, 0.5) is 0 Å². The summed E-state index contributed by atoms with van der Waals surface area (Å²) >= 11 is 5.87. The Labute approximate surface area is 138 Å². The normalized spacial score (nSPS) is 10.0. The van der Waals surface area contributed by atoms with E-state index in [1.165, 1.54) is 20.3 Å². The summed E-state index contributed by atoms with van der Waals surface area (Å²) in [7, 11) is 2.90. The lowest BCUT2D eigenvalue weighted by molar-refractivity contribution is 0.0471. The van der Waals surface area contributed by atoms with Crippen LogP contribution in [0.3, 0.4) is 0 Å². The molecule has 0 saturated heterocycles. The molecule has 2 aromatic rings. The van der Waals surface area contributed by atoms with Crippen molar-refractivity contribution in [2.24, 2.45) is 0 Å². The van der Waals surface area contributed by atoms with Crippen molar-refractivity contribution in [3.05, 3.63) is 58.6 Å². The van der Waals surface area contributed by atoms with Crippen LogP contribution in [-0.4, -0.2) is 32.6 Å². The fourth-order valence-electron chi connectivity index (χ4n) is 2.00. The molecule has 2 aromatic carbocycles. The van der Waals surface area contributed by atoms with Crippen LogP contribution in [0.5, 0.6) is 11.5 Å². The van der Waals surface area contributed by atoms with Crippen LogP contribution in [-0.2, 0) is 4.74 Å². The zero-order chi connectivity index (χ0) is 16.8. The van der Waals surface area contributed by atoms with Crippen LogP contribution in [0.2, 0.25) is 5.02 Å². The fourth-order valence-corrected chi connectivity index (χ4v) is 2.17. The third-order valence-corrected chi connectivity index (χ3v) is 3.36. The first-order chi connectivity index (χ1) is 11.1. The molecule has 2 rings (SSSR count). The van der Waals surface area contributed by atoms with Gasteiger partial charge in [-0.05, 0) is 30.3 Å². The Morgan fingerprint density at radius 3 is 2.30 bits per heavy atom. The molecule has 0 saturated carbocycles. The van der Waals surface area contributed by atoms with Crippen LogP contribution in [0.15, 0.2) is 42.5 Å². The van der Waals surface area contributed by atoms with Gasteiger partial charge in [-0.2, -0.15) is 0 Å². The predicted octanol–water partition coefficient (Wildman–Crippen LogP) is 3.40. The molecule has 0 bridgehead atoms. The first-order valence-electron chi connectivity index (χ1n) is 6.73. The first-order valence-corrected chi connectivity index (χ1v) is 7.11. The summed E-state index contributed by atoms with van der Waals surface area (Å²) < 4.78 is 15.3. The van der Waals surface area contributed by atoms with Gasteiger partial charge in [0, 0.05) is 5.02 Å². The summed E-state index contributed by atoms with van der Waals surface area (Å²) in [6.07, 6.45) is 0. The average Bonchev–Trinajstić information content (AvgIpc) is 2.59. The first kappa shape index (κ1) is 16.8. The minimum Gasteiger partial charge on any atom is -0.496 e. The van der Waals surface area contributed by atoms with Crippen LogP contribution < -0.4 is 9.47 Å². The van der Waals surface area contributed by atoms with Gasteiger partial charge in [-0.25, -0.2) is 4.79 Å². The molecule has 0 aliphatic heterocycles. The third-order valence-electron chi connectivity index (χ3n) is 3.12. The van der Waals surface area contributed by atoms with Crippen molar-refractivity contribution in [3.8, 4) is 11.5 Å². The molecule has 0 heterocycles. The van der Waals surface area contributed by atoms with Gasteiger partial charge in [0.25, 0.3) is 0 Å². The number of Topliss-reactive ketones (excluding diaryl/α,β-unsaturated/α-hetero) is 1. The second-order valence-corrected chi connectivity index (χ2v) is 4.98. The van der Waals surface area contributed by atoms with Crippen molar-refractivity contribution >= 4 is 23.4 Å². The number of para-hydroxylation sites is 1. The molecular formula is C17H15ClO5. The molecule has 23 heavy (non-hydrogen) atoms. The lowest BCUT2D eigenvalue weighted by atomic mass is 10.1. The van der Waals surface area contributed by atoms with Crippen molar-refractivity contribution in [2.45, 2.75) is 0 Å². The van der Waals surface area contributed by atoms with E-state index in [0.717, 1.165) is 0 Å². The molecule has 6 heteroatoms. The molecular weight excluding hydrogens is 320 g/mol. The second kappa shape index (κ2) is 7.65. The maximum Gasteiger partial charge on any atom is 0.342 e. The third kappa shape index (κ3) is 4.02. The lowest BCUT2D eigenvalue weighted by Crippen LogP contribution is -2.15. The average molecular weight is 335 g/mol. The smallest absolute Gasteiger partial charge is 0.342 e. The number of rotatable bonds is 6. The zero-order valence-corrected chi connectivity index (χ0v) is 13.4. The molecule has 0 radical (unpaired) electrons. The van der Waals surface area contributed by atoms with E-state index in [0.29, 0.717) is 22.1 Å². The van der Waals surface area contributed by atoms with E-state index in [-0.39, 0.29) is 11.3 Å². The highest BCUT2D eigenvalue weighted by Crippen LogP contribution is 2.24. The van der Waals surface area contributed by atoms with Gasteiger partial charge in [0.2, 0.25) is 5.78 Å². The molecule has 0 amide bonds. The van der Waals surface area contributed by atoms with Gasteiger partial charge in [-0.3, -0.25) is 4.79 Å². The number of methoxy groups -OCH3 is 2. The van der Waals surface area contributed by atoms with Crippen LogP contribution in [0.1, 0.15) is 20.7 Å². The zero-order valence-electron chi connectivity index (χ0n) is 12.7. The van der Waals surface area contributed by atoms with Crippen LogP contribution in [0, 0.1) is 0 Å². The highest BCUT2D eigenvalue weighted by atomic mass is 35.5. The number of hydrogen-bond donors (Lipinski definition) is 0. The largest absolute Gasteiger partial charge is 0.496 e. The minimum absolute atomic E-state index is 0.160. The summed E-state index contributed by atoms with van der Waals surface area (Å²) in [5, 5.41) is 0.369. The number of ether oxygens (including phenoxy) is 3. The number of benzene rings is 2. The second-order valence-electron chi connectivity index (χ2n) is 4.54. The van der Waals surface area contributed by atoms with E-state index >= 15 is 0 Å². The topological polar surface area (TPSA) is 61.8 Å². The van der Waals surface area contributed by atoms with Crippen molar-refractivity contribution in [3.63, 3.8) is 0 Å². The number of carbonyl (C=O) groups is 2. The standard InChI is InChI=1S/C17H15ClO5/c1-21-15-6-4-3-5-12(15)14(19)10-23-17(20)13-9-11(18)7-8-16(13)22-2/h3-9H,10H2,1-2H3. The van der Waals surface area contributed by atoms with Gasteiger partial charge in [0.1, 0.15) is 17.1 Å². The molecule has 0 aliphatic carbocycles. The monoisotopic (exact) mass is 334 g/mol. The quantitative estimate of drug-likeness (QED) is 0.598. The molecule has 0 aromatic heterocycles. The van der Waals surface area contributed by atoms with Crippen LogP contribution >= 0.6 is 11.6 Å². The van der Waals surface area contributed by atoms with E-state index in [1.54, 1.807) is 36.4 Å². The maximum atomic E-state index is 12.2. The molecule has 0 unspecified atom stereocenters. The Bertz CT molecular complexity index is 727. The summed E-state index contributed by atoms with van der Waals surface area (Å²) in [5.41, 5.74) is 0.508. The number of halogens is 1. The number of hydrogen-bond acceptors (Lipinski definition) is 5. The van der Waals surface area contributed by atoms with Crippen molar-refractivity contribution in [1.29, 1.82) is 0 Å². The van der Waals surface area contributed by atoms with E-state index in [9.17, 15) is 9.59 Å². The van der Waals surface area contributed by atoms with Gasteiger partial charge < -0.3 is 14.2 Å². The summed E-state index contributed by atoms with van der Waals surface area (Å²) in [5.74, 6) is -0.303. The van der Waals surface area contributed by atoms with Crippen molar-refractivity contribution in [1.82, 2.24) is 0 Å². The molecule has 120 valence electrons. The predicted molar refractivity (Wildman–Crippen MR) is 85.6 cm³/mol. The maximum absolute atomic E-state index is 12.2. The minimum atomic E-state index is -0.687. The summed E-state index contributed by atoms with van der Waals surface area (Å²) in [4.78, 5) is 24.3. The highest BCUT2D eigenvalue weighted by molar-refractivity contribution is 6.31. The Morgan fingerprint density at radius 1 is 0.957 bits per heavy atom. The number of carbonyl (C=O) groups excluding carboxylic acids is 2. The van der Waals surface area contributed by atoms with Gasteiger partial charge in [0.15, 0.2) is 6.61 Å². The van der Waals surface area contributed by atoms with Crippen LogP contribution in [0.25, 0.3) is 0 Å². The SMILES string of the molecule is COc1ccccc1C(=O)COC(=O)c1cc(Cl)ccc1OC. The number of ketones is 1. The van der Waals surface area contributed by atoms with Crippen molar-refractivity contribution in [2.75, 3.05) is 20.8 Å². The molecule has 0 spiro atoms. The molecule has 0 N–H and O–H groups in total. The highest BCUT2D eigenvalue weighted by Gasteiger charge is 2.18. The van der Waals surface area contributed by atoms with E-state index in [2.05, 4.69) is 0 Å².